The number of nitrogens with one attached hydrogen (secondary N) is 2. The van der Waals surface area contributed by atoms with Crippen molar-refractivity contribution in [1.82, 2.24) is 10.6 Å². The fourth-order valence-electron chi connectivity index (χ4n) is 2.99. The molecule has 0 saturated carbocycles. The Balaban J connectivity index is 0.00000312. The van der Waals surface area contributed by atoms with Crippen LogP contribution in [0.3, 0.4) is 0 Å². The van der Waals surface area contributed by atoms with Crippen LogP contribution >= 0.6 is 24.0 Å². The van der Waals surface area contributed by atoms with Crippen LogP contribution in [0.25, 0.3) is 0 Å². The number of methoxy groups -OCH3 is 1. The van der Waals surface area contributed by atoms with Crippen molar-refractivity contribution in [1.29, 1.82) is 0 Å². The molecule has 1 aliphatic carbocycles. The number of benzene rings is 1. The Morgan fingerprint density at radius 2 is 1.96 bits per heavy atom. The first kappa shape index (κ1) is 22.0. The lowest BCUT2D eigenvalue weighted by Gasteiger charge is -2.15. The predicted octanol–water partition coefficient (Wildman–Crippen LogP) is 4.40. The Morgan fingerprint density at radius 3 is 2.64 bits per heavy atom. The molecule has 1 aliphatic rings. The molecule has 0 fully saturated rings. The maximum atomic E-state index is 5.27. The zero-order valence-corrected chi connectivity index (χ0v) is 17.8. The highest BCUT2D eigenvalue weighted by atomic mass is 127. The van der Waals surface area contributed by atoms with Crippen molar-refractivity contribution in [2.24, 2.45) is 4.99 Å². The van der Waals surface area contributed by atoms with Gasteiger partial charge in [0.15, 0.2) is 5.96 Å². The van der Waals surface area contributed by atoms with E-state index in [1.54, 1.807) is 12.7 Å². The average molecular weight is 457 g/mol. The van der Waals surface area contributed by atoms with Gasteiger partial charge in [0.25, 0.3) is 0 Å². The molecule has 0 radical (unpaired) electrons. The molecule has 1 aromatic rings. The average Bonchev–Trinajstić information content (AvgIpc) is 2.62. The lowest BCUT2D eigenvalue weighted by atomic mass is 9.97. The number of ether oxygens (including phenoxy) is 1. The van der Waals surface area contributed by atoms with Crippen molar-refractivity contribution in [3.05, 3.63) is 47.0 Å². The summed E-state index contributed by atoms with van der Waals surface area (Å²) in [5, 5.41) is 6.79. The number of hydrogen-bond donors (Lipinski definition) is 2. The Morgan fingerprint density at radius 1 is 1.16 bits per heavy atom. The second-order valence-electron chi connectivity index (χ2n) is 6.18. The molecule has 2 rings (SSSR count). The quantitative estimate of drug-likeness (QED) is 0.263. The number of rotatable bonds is 8. The highest BCUT2D eigenvalue weighted by Gasteiger charge is 2.05. The van der Waals surface area contributed by atoms with E-state index in [1.165, 1.54) is 36.8 Å². The molecule has 2 N–H and O–H groups in total. The lowest BCUT2D eigenvalue weighted by Crippen LogP contribution is -2.37. The Labute approximate surface area is 169 Å². The first-order valence-electron chi connectivity index (χ1n) is 9.09. The second-order valence-corrected chi connectivity index (χ2v) is 6.18. The molecule has 0 saturated heterocycles. The van der Waals surface area contributed by atoms with Gasteiger partial charge in [0.2, 0.25) is 0 Å². The minimum Gasteiger partial charge on any atom is -0.380 e. The smallest absolute Gasteiger partial charge is 0.191 e. The first-order chi connectivity index (χ1) is 11.8. The molecule has 0 unspecified atom stereocenters. The van der Waals surface area contributed by atoms with E-state index in [-0.39, 0.29) is 24.0 Å². The van der Waals surface area contributed by atoms with Crippen LogP contribution in [0, 0.1) is 0 Å². The van der Waals surface area contributed by atoms with Gasteiger partial charge in [0.05, 0.1) is 13.2 Å². The third kappa shape index (κ3) is 8.23. The van der Waals surface area contributed by atoms with Gasteiger partial charge in [0.1, 0.15) is 0 Å². The van der Waals surface area contributed by atoms with E-state index >= 15 is 0 Å². The lowest BCUT2D eigenvalue weighted by molar-refractivity contribution is 0.184. The van der Waals surface area contributed by atoms with Gasteiger partial charge in [-0.1, -0.05) is 35.9 Å². The molecule has 0 aromatic heterocycles. The Kier molecular flexibility index (Phi) is 11.6. The van der Waals surface area contributed by atoms with Gasteiger partial charge in [0, 0.05) is 20.2 Å². The zero-order valence-electron chi connectivity index (χ0n) is 15.5. The van der Waals surface area contributed by atoms with Crippen LogP contribution in [-0.4, -0.2) is 26.2 Å². The van der Waals surface area contributed by atoms with Crippen LogP contribution in [0.2, 0.25) is 0 Å². The number of allylic oxidation sites excluding steroid dienone is 1. The van der Waals surface area contributed by atoms with Crippen molar-refractivity contribution in [2.75, 3.05) is 20.2 Å². The minimum absolute atomic E-state index is 0. The molecule has 25 heavy (non-hydrogen) atoms. The fraction of sp³-hybridized carbons (Fsp3) is 0.550. The number of nitrogens with zero attached hydrogens (tertiary/aromatic N) is 1. The second kappa shape index (κ2) is 13.2. The Bertz CT molecular complexity index is 558. The molecule has 4 nitrogen and oxygen atoms in total. The van der Waals surface area contributed by atoms with Crippen LogP contribution in [0.4, 0.5) is 0 Å². The van der Waals surface area contributed by atoms with Crippen molar-refractivity contribution >= 4 is 29.9 Å². The Hall–Kier alpha value is -1.08. The molecule has 0 amide bonds. The van der Waals surface area contributed by atoms with E-state index in [0.717, 1.165) is 25.5 Å². The molecule has 1 aromatic carbocycles. The van der Waals surface area contributed by atoms with Gasteiger partial charge in [-0.25, -0.2) is 4.99 Å². The van der Waals surface area contributed by atoms with Crippen LogP contribution in [0.5, 0.6) is 0 Å². The highest BCUT2D eigenvalue weighted by molar-refractivity contribution is 14.0. The number of hydrogen-bond acceptors (Lipinski definition) is 2. The van der Waals surface area contributed by atoms with Gasteiger partial charge in [-0.15, -0.1) is 24.0 Å². The molecule has 0 aliphatic heterocycles. The van der Waals surface area contributed by atoms with E-state index in [9.17, 15) is 0 Å². The van der Waals surface area contributed by atoms with Crippen molar-refractivity contribution < 1.29 is 4.74 Å². The summed E-state index contributed by atoms with van der Waals surface area (Å²) >= 11 is 0. The first-order valence-corrected chi connectivity index (χ1v) is 9.09. The molecule has 0 bridgehead atoms. The molecule has 140 valence electrons. The van der Waals surface area contributed by atoms with Crippen molar-refractivity contribution in [3.8, 4) is 0 Å². The maximum absolute atomic E-state index is 5.27. The number of aliphatic imine (C=N–C) groups is 1. The summed E-state index contributed by atoms with van der Waals surface area (Å²) in [7, 11) is 1.73. The van der Waals surface area contributed by atoms with Gasteiger partial charge in [-0.05, 0) is 50.2 Å². The third-order valence-corrected chi connectivity index (χ3v) is 4.29. The monoisotopic (exact) mass is 457 g/mol. The van der Waals surface area contributed by atoms with E-state index in [4.69, 9.17) is 9.73 Å². The maximum Gasteiger partial charge on any atom is 0.191 e. The summed E-state index contributed by atoms with van der Waals surface area (Å²) in [6, 6.07) is 8.32. The largest absolute Gasteiger partial charge is 0.380 e. The topological polar surface area (TPSA) is 45.7 Å². The van der Waals surface area contributed by atoms with E-state index in [2.05, 4.69) is 41.8 Å². The minimum atomic E-state index is 0. The number of halogens is 1. The summed E-state index contributed by atoms with van der Waals surface area (Å²) in [5.74, 6) is 0.890. The van der Waals surface area contributed by atoms with Crippen LogP contribution in [0.15, 0.2) is 40.9 Å². The molecule has 5 heteroatoms. The van der Waals surface area contributed by atoms with Gasteiger partial charge >= 0.3 is 0 Å². The summed E-state index contributed by atoms with van der Waals surface area (Å²) in [5.41, 5.74) is 4.01. The van der Waals surface area contributed by atoms with Gasteiger partial charge < -0.3 is 15.4 Å². The normalized spacial score (nSPS) is 14.5. The summed E-state index contributed by atoms with van der Waals surface area (Å²) in [4.78, 5) is 4.73. The third-order valence-electron chi connectivity index (χ3n) is 4.29. The van der Waals surface area contributed by atoms with Crippen molar-refractivity contribution in [3.63, 3.8) is 0 Å². The zero-order chi connectivity index (χ0) is 17.0. The van der Waals surface area contributed by atoms with Crippen LogP contribution in [0.1, 0.15) is 50.2 Å². The predicted molar refractivity (Wildman–Crippen MR) is 117 cm³/mol. The van der Waals surface area contributed by atoms with E-state index in [1.807, 2.05) is 6.07 Å². The standard InChI is InChI=1S/C20H31N3O.HI/c1-3-21-20(22-14-13-17-9-5-4-6-10-17)23-15-18-11-7-8-12-19(18)16-24-2;/h7-9,11-12H,3-6,10,13-16H2,1-2H3,(H2,21,22,23);1H. The van der Waals surface area contributed by atoms with Crippen LogP contribution in [-0.2, 0) is 17.9 Å². The van der Waals surface area contributed by atoms with Crippen molar-refractivity contribution in [2.45, 2.75) is 52.2 Å². The fourth-order valence-corrected chi connectivity index (χ4v) is 2.99. The highest BCUT2D eigenvalue weighted by Crippen LogP contribution is 2.19. The van der Waals surface area contributed by atoms with Crippen LogP contribution < -0.4 is 10.6 Å². The van der Waals surface area contributed by atoms with E-state index < -0.39 is 0 Å². The van der Waals surface area contributed by atoms with E-state index in [0.29, 0.717) is 13.2 Å². The summed E-state index contributed by atoms with van der Waals surface area (Å²) < 4.78 is 5.27. The number of guanidine groups is 1. The summed E-state index contributed by atoms with van der Waals surface area (Å²) in [6.07, 6.45) is 8.73. The van der Waals surface area contributed by atoms with Gasteiger partial charge in [-0.3, -0.25) is 0 Å². The molecule has 0 spiro atoms. The molecule has 0 atom stereocenters. The summed E-state index contributed by atoms with van der Waals surface area (Å²) in [6.45, 7) is 5.20. The SMILES string of the molecule is CCNC(=NCc1ccccc1COC)NCCC1=CCCCC1.I. The molecule has 0 heterocycles. The molecular weight excluding hydrogens is 425 g/mol. The van der Waals surface area contributed by atoms with Gasteiger partial charge in [-0.2, -0.15) is 0 Å². The molecular formula is C20H32IN3O.